The number of amides is 1. The van der Waals surface area contributed by atoms with Crippen molar-refractivity contribution in [2.45, 2.75) is 33.0 Å². The number of halogens is 5. The van der Waals surface area contributed by atoms with Crippen LogP contribution < -0.4 is 21.5 Å². The van der Waals surface area contributed by atoms with E-state index in [9.17, 15) is 18.0 Å². The second-order valence-electron chi connectivity index (χ2n) is 6.00. The summed E-state index contributed by atoms with van der Waals surface area (Å²) < 4.78 is 41.3. The molecule has 5 nitrogen and oxygen atoms in total. The molecule has 0 spiro atoms. The van der Waals surface area contributed by atoms with E-state index in [0.29, 0.717) is 9.57 Å². The third-order valence-corrected chi connectivity index (χ3v) is 7.51. The van der Waals surface area contributed by atoms with Gasteiger partial charge in [-0.05, 0) is 0 Å². The molecule has 1 aromatic heterocycles. The van der Waals surface area contributed by atoms with Gasteiger partial charge in [-0.25, -0.2) is 0 Å². The van der Waals surface area contributed by atoms with Crippen LogP contribution in [0.2, 0.25) is 5.02 Å². The molecule has 0 aliphatic rings. The summed E-state index contributed by atoms with van der Waals surface area (Å²) in [5.74, 6) is -0.543. The molecule has 10 heteroatoms. The molecule has 1 N–H and O–H groups in total. The quantitative estimate of drug-likeness (QED) is 0.231. The zero-order chi connectivity index (χ0) is 20.7. The Morgan fingerprint density at radius 1 is 1.29 bits per heavy atom. The van der Waals surface area contributed by atoms with Gasteiger partial charge in [-0.15, -0.1) is 0 Å². The fraction of sp³-hybridized carbons (Fsp3) is 0.444. The molecule has 1 amide bonds. The van der Waals surface area contributed by atoms with Gasteiger partial charge >= 0.3 is 178 Å². The van der Waals surface area contributed by atoms with Crippen molar-refractivity contribution in [3.05, 3.63) is 52.3 Å². The molecular formula is C18H22ClF3IN4O-. The Balaban J connectivity index is 2.22. The van der Waals surface area contributed by atoms with E-state index in [0.717, 1.165) is 31.1 Å². The van der Waals surface area contributed by atoms with Crippen LogP contribution in [0.3, 0.4) is 0 Å². The average Bonchev–Trinajstić information content (AvgIpc) is 3.15. The molecule has 0 saturated carbocycles. The van der Waals surface area contributed by atoms with Crippen molar-refractivity contribution in [2.75, 3.05) is 17.6 Å². The van der Waals surface area contributed by atoms with Crippen LogP contribution in [0.5, 0.6) is 0 Å². The van der Waals surface area contributed by atoms with E-state index in [4.69, 9.17) is 11.6 Å². The minimum atomic E-state index is -4.58. The first-order valence-electron chi connectivity index (χ1n) is 8.75. The van der Waals surface area contributed by atoms with Crippen LogP contribution in [-0.2, 0) is 12.7 Å². The number of H-pyrrole nitrogens is 1. The predicted molar refractivity (Wildman–Crippen MR) is 97.3 cm³/mol. The van der Waals surface area contributed by atoms with E-state index in [-0.39, 0.29) is 12.2 Å². The number of alkyl halides is 4. The van der Waals surface area contributed by atoms with E-state index in [1.807, 2.05) is 11.2 Å². The van der Waals surface area contributed by atoms with E-state index in [1.54, 1.807) is 18.2 Å². The topological polar surface area (TPSA) is 52.2 Å². The molecule has 156 valence electrons. The fourth-order valence-corrected chi connectivity index (χ4v) is 5.28. The van der Waals surface area contributed by atoms with Gasteiger partial charge in [0.1, 0.15) is 0 Å². The third kappa shape index (κ3) is 6.35. The Bertz CT molecular complexity index is 784. The normalized spacial score (nSPS) is 12.0. The van der Waals surface area contributed by atoms with Gasteiger partial charge in [0, 0.05) is 0 Å². The van der Waals surface area contributed by atoms with Crippen LogP contribution in [0.15, 0.2) is 30.3 Å². The molecule has 28 heavy (non-hydrogen) atoms. The van der Waals surface area contributed by atoms with Crippen molar-refractivity contribution in [3.63, 3.8) is 0 Å². The van der Waals surface area contributed by atoms with Crippen molar-refractivity contribution >= 4 is 17.5 Å². The molecule has 2 aromatic rings. The number of aromatic nitrogens is 2. The minimum absolute atomic E-state index is 0.218. The molecule has 0 atom stereocenters. The Hall–Kier alpha value is -1.33. The maximum absolute atomic E-state index is 12.9. The summed E-state index contributed by atoms with van der Waals surface area (Å²) in [6, 6.07) is 7.87. The van der Waals surface area contributed by atoms with Crippen LogP contribution in [0.25, 0.3) is 0 Å². The average molecular weight is 530 g/mol. The zero-order valence-corrected chi connectivity index (χ0v) is 18.5. The van der Waals surface area contributed by atoms with Gasteiger partial charge in [0.2, 0.25) is 0 Å². The summed E-state index contributed by atoms with van der Waals surface area (Å²) in [4.78, 5) is 14.4. The molecule has 0 radical (unpaired) electrons. The summed E-state index contributed by atoms with van der Waals surface area (Å²) in [6.07, 6.45) is -3.58. The first-order valence-corrected chi connectivity index (χ1v) is 11.6. The van der Waals surface area contributed by atoms with E-state index < -0.39 is 39.3 Å². The van der Waals surface area contributed by atoms with Crippen molar-refractivity contribution < 1.29 is 39.4 Å². The Morgan fingerprint density at radius 3 is 2.57 bits per heavy atom. The first kappa shape index (κ1) is 23.0. The molecular weight excluding hydrogens is 508 g/mol. The number of rotatable bonds is 9. The second kappa shape index (κ2) is 10.4. The summed E-state index contributed by atoms with van der Waals surface area (Å²) in [5.41, 5.74) is -0.544. The third-order valence-electron chi connectivity index (χ3n) is 3.88. The zero-order valence-electron chi connectivity index (χ0n) is 15.6. The molecule has 0 aliphatic heterocycles. The van der Waals surface area contributed by atoms with Gasteiger partial charge in [0.25, 0.3) is 0 Å². The number of hydrogen-bond donors (Lipinski definition) is 1. The van der Waals surface area contributed by atoms with E-state index in [1.165, 1.54) is 4.90 Å². The first-order chi connectivity index (χ1) is 13.3. The number of aromatic amines is 1. The molecule has 0 aliphatic carbocycles. The van der Waals surface area contributed by atoms with Crippen LogP contribution in [0, 0.1) is 0 Å². The predicted octanol–water partition coefficient (Wildman–Crippen LogP) is 1.42. The molecule has 0 bridgehead atoms. The Labute approximate surface area is 177 Å². The van der Waals surface area contributed by atoms with Gasteiger partial charge in [-0.3, -0.25) is 0 Å². The monoisotopic (exact) mass is 529 g/mol. The van der Waals surface area contributed by atoms with Crippen LogP contribution in [0.1, 0.15) is 42.0 Å². The van der Waals surface area contributed by atoms with E-state index >= 15 is 0 Å². The number of hydrogen-bond acceptors (Lipinski definition) is 3. The van der Waals surface area contributed by atoms with Gasteiger partial charge in [-0.1, -0.05) is 0 Å². The Kier molecular flexibility index (Phi) is 8.56. The van der Waals surface area contributed by atoms with Crippen molar-refractivity contribution in [3.8, 4) is 0 Å². The summed E-state index contributed by atoms with van der Waals surface area (Å²) in [5, 5.41) is 6.00. The molecule has 1 heterocycles. The Morgan fingerprint density at radius 2 is 2.00 bits per heavy atom. The van der Waals surface area contributed by atoms with Gasteiger partial charge in [0.05, 0.1) is 0 Å². The fourth-order valence-electron chi connectivity index (χ4n) is 2.42. The summed E-state index contributed by atoms with van der Waals surface area (Å²) in [7, 11) is 0. The van der Waals surface area contributed by atoms with Crippen molar-refractivity contribution in [1.29, 1.82) is 0 Å². The number of nitrogens with one attached hydrogen (secondary N) is 1. The molecule has 0 saturated heterocycles. The van der Waals surface area contributed by atoms with Crippen molar-refractivity contribution in [1.82, 2.24) is 18.2 Å². The van der Waals surface area contributed by atoms with Gasteiger partial charge in [0.15, 0.2) is 0 Å². The maximum atomic E-state index is 12.9. The van der Waals surface area contributed by atoms with Gasteiger partial charge in [-0.2, -0.15) is 0 Å². The standard InChI is InChI=1S/C18H22ClF3IN4O/c1-3-9-27(4-2)23-12-26(11-13-7-5-6-8-14(13)19)17(28)15-10-16(25-24-15)18(20,21)22/h5-8,10H,3-4,9,11-12H2,1-2H3,(H,24,25)/q-1. The SMILES string of the molecule is CCCN(CC)[I-]CN(Cc1ccccc1Cl)C(=O)c1cc(C(F)(F)F)[nH]n1. The second-order valence-corrected chi connectivity index (χ2v) is 9.14. The summed E-state index contributed by atoms with van der Waals surface area (Å²) >= 11 is 5.71. The molecule has 2 rings (SSSR count). The number of carbonyl (C=O) groups is 1. The van der Waals surface area contributed by atoms with Crippen molar-refractivity contribution in [2.24, 2.45) is 0 Å². The number of nitrogens with zero attached hydrogens (tertiary/aromatic N) is 3. The van der Waals surface area contributed by atoms with Crippen LogP contribution in [0.4, 0.5) is 13.2 Å². The van der Waals surface area contributed by atoms with Gasteiger partial charge < -0.3 is 0 Å². The van der Waals surface area contributed by atoms with E-state index in [2.05, 4.69) is 22.1 Å². The van der Waals surface area contributed by atoms with Crippen LogP contribution >= 0.6 is 11.6 Å². The summed E-state index contributed by atoms with van der Waals surface area (Å²) in [6.45, 7) is 6.16. The molecule has 0 fully saturated rings. The number of carbonyl (C=O) groups excluding carboxylic acids is 1. The molecule has 1 aromatic carbocycles. The van der Waals surface area contributed by atoms with Crippen LogP contribution in [-0.4, -0.2) is 41.8 Å². The molecule has 0 unspecified atom stereocenters. The number of benzene rings is 1.